The molecule has 0 spiro atoms. The number of amides is 1. The number of carbonyl (C=O) groups is 2. The van der Waals surface area contributed by atoms with Crippen molar-refractivity contribution >= 4 is 18.0 Å². The molecule has 1 saturated heterocycles. The Labute approximate surface area is 127 Å². The van der Waals surface area contributed by atoms with Crippen LogP contribution in [0.2, 0.25) is 0 Å². The molecule has 2 heterocycles. The Balaban J connectivity index is 1.80. The molecule has 0 radical (unpaired) electrons. The van der Waals surface area contributed by atoms with Gasteiger partial charge in [0.05, 0.1) is 5.57 Å². The van der Waals surface area contributed by atoms with Gasteiger partial charge < -0.3 is 19.9 Å². The number of carbonyl (C=O) groups excluding carboxylic acids is 1. The van der Waals surface area contributed by atoms with E-state index in [-0.39, 0.29) is 19.4 Å². The highest BCUT2D eigenvalue weighted by atomic mass is 16.5. The zero-order valence-electron chi connectivity index (χ0n) is 12.0. The number of carboxylic acids is 1. The fraction of sp³-hybridized carbons (Fsp3) is 0.375. The second-order valence-electron chi connectivity index (χ2n) is 5.45. The number of para-hydroxylation sites is 1. The van der Waals surface area contributed by atoms with Gasteiger partial charge in [0.25, 0.3) is 5.91 Å². The first kappa shape index (κ1) is 14.6. The molecule has 116 valence electrons. The fourth-order valence-corrected chi connectivity index (χ4v) is 2.66. The third-order valence-electron chi connectivity index (χ3n) is 4.03. The van der Waals surface area contributed by atoms with Crippen molar-refractivity contribution in [3.05, 3.63) is 35.4 Å². The van der Waals surface area contributed by atoms with Crippen LogP contribution in [0.3, 0.4) is 0 Å². The smallest absolute Gasteiger partial charge is 0.329 e. The van der Waals surface area contributed by atoms with Gasteiger partial charge in [-0.3, -0.25) is 4.79 Å². The molecule has 0 bridgehead atoms. The van der Waals surface area contributed by atoms with Crippen LogP contribution in [0.4, 0.5) is 0 Å². The van der Waals surface area contributed by atoms with E-state index in [1.807, 2.05) is 24.3 Å². The molecule has 0 unspecified atom stereocenters. The number of aliphatic carboxylic acids is 1. The van der Waals surface area contributed by atoms with Gasteiger partial charge in [-0.25, -0.2) is 4.79 Å². The first-order valence-electron chi connectivity index (χ1n) is 7.17. The maximum atomic E-state index is 12.4. The van der Waals surface area contributed by atoms with Crippen molar-refractivity contribution in [1.82, 2.24) is 5.32 Å². The predicted molar refractivity (Wildman–Crippen MR) is 78.5 cm³/mol. The Morgan fingerprint density at radius 1 is 1.18 bits per heavy atom. The Hall–Kier alpha value is -2.34. The summed E-state index contributed by atoms with van der Waals surface area (Å²) in [5.41, 5.74) is -0.0197. The SMILES string of the molecule is O=C(NC1(C(=O)O)CCOCC1)C1=Cc2ccccc2OC1. The van der Waals surface area contributed by atoms with E-state index in [0.29, 0.717) is 18.8 Å². The molecule has 0 atom stereocenters. The van der Waals surface area contributed by atoms with Crippen molar-refractivity contribution in [2.75, 3.05) is 19.8 Å². The number of nitrogens with one attached hydrogen (secondary N) is 1. The first-order valence-corrected chi connectivity index (χ1v) is 7.17. The van der Waals surface area contributed by atoms with Gasteiger partial charge in [0.15, 0.2) is 0 Å². The van der Waals surface area contributed by atoms with E-state index in [9.17, 15) is 14.7 Å². The standard InChI is InChI=1S/C16H17NO5/c18-14(17-16(15(19)20)5-7-21-8-6-16)12-9-11-3-1-2-4-13(11)22-10-12/h1-4,9H,5-8,10H2,(H,17,18)(H,19,20). The number of fused-ring (bicyclic) bond motifs is 1. The monoisotopic (exact) mass is 303 g/mol. The van der Waals surface area contributed by atoms with Crippen LogP contribution in [0.25, 0.3) is 6.08 Å². The van der Waals surface area contributed by atoms with Gasteiger partial charge in [0.1, 0.15) is 17.9 Å². The zero-order valence-corrected chi connectivity index (χ0v) is 12.0. The van der Waals surface area contributed by atoms with E-state index in [0.717, 1.165) is 11.3 Å². The van der Waals surface area contributed by atoms with Gasteiger partial charge >= 0.3 is 5.97 Å². The molecule has 0 aliphatic carbocycles. The maximum absolute atomic E-state index is 12.4. The number of hydrogen-bond acceptors (Lipinski definition) is 4. The molecule has 3 rings (SSSR count). The van der Waals surface area contributed by atoms with Gasteiger partial charge in [-0.2, -0.15) is 0 Å². The maximum Gasteiger partial charge on any atom is 0.329 e. The second kappa shape index (κ2) is 5.81. The summed E-state index contributed by atoms with van der Waals surface area (Å²) in [6.45, 7) is 0.783. The lowest BCUT2D eigenvalue weighted by molar-refractivity contribution is -0.151. The third kappa shape index (κ3) is 2.69. The molecular weight excluding hydrogens is 286 g/mol. The fourth-order valence-electron chi connectivity index (χ4n) is 2.66. The van der Waals surface area contributed by atoms with Crippen LogP contribution in [0, 0.1) is 0 Å². The van der Waals surface area contributed by atoms with Crippen LogP contribution in [-0.4, -0.2) is 42.3 Å². The minimum atomic E-state index is -1.26. The number of carboxylic acid groups (broad SMARTS) is 1. The lowest BCUT2D eigenvalue weighted by Crippen LogP contribution is -2.58. The topological polar surface area (TPSA) is 84.9 Å². The molecule has 0 saturated carbocycles. The number of hydrogen-bond donors (Lipinski definition) is 2. The minimum absolute atomic E-state index is 0.134. The van der Waals surface area contributed by atoms with E-state index in [1.54, 1.807) is 6.08 Å². The first-order chi connectivity index (χ1) is 10.6. The highest BCUT2D eigenvalue weighted by Crippen LogP contribution is 2.27. The van der Waals surface area contributed by atoms with Crippen LogP contribution in [-0.2, 0) is 14.3 Å². The number of ether oxygens (including phenoxy) is 2. The van der Waals surface area contributed by atoms with Crippen molar-refractivity contribution in [3.8, 4) is 5.75 Å². The summed E-state index contributed by atoms with van der Waals surface area (Å²) in [6, 6.07) is 7.40. The molecule has 22 heavy (non-hydrogen) atoms. The largest absolute Gasteiger partial charge is 0.488 e. The van der Waals surface area contributed by atoms with Gasteiger partial charge in [0, 0.05) is 31.6 Å². The van der Waals surface area contributed by atoms with Crippen molar-refractivity contribution in [2.24, 2.45) is 0 Å². The van der Waals surface area contributed by atoms with Crippen LogP contribution < -0.4 is 10.1 Å². The summed E-state index contributed by atoms with van der Waals surface area (Å²) >= 11 is 0. The van der Waals surface area contributed by atoms with Gasteiger partial charge in [-0.1, -0.05) is 18.2 Å². The zero-order chi connectivity index (χ0) is 15.6. The summed E-state index contributed by atoms with van der Waals surface area (Å²) in [5.74, 6) is -0.709. The lowest BCUT2D eigenvalue weighted by atomic mass is 9.89. The highest BCUT2D eigenvalue weighted by Gasteiger charge is 2.42. The molecule has 1 aromatic rings. The van der Waals surface area contributed by atoms with E-state index >= 15 is 0 Å². The number of rotatable bonds is 3. The Kier molecular flexibility index (Phi) is 3.85. The van der Waals surface area contributed by atoms with Crippen LogP contribution in [0.15, 0.2) is 29.8 Å². The second-order valence-corrected chi connectivity index (χ2v) is 5.45. The predicted octanol–water partition coefficient (Wildman–Crippen LogP) is 1.21. The number of benzene rings is 1. The van der Waals surface area contributed by atoms with E-state index in [1.165, 1.54) is 0 Å². The van der Waals surface area contributed by atoms with Crippen LogP contribution in [0.1, 0.15) is 18.4 Å². The molecule has 1 aromatic carbocycles. The Bertz CT molecular complexity index is 631. The van der Waals surface area contributed by atoms with Gasteiger partial charge in [-0.15, -0.1) is 0 Å². The quantitative estimate of drug-likeness (QED) is 0.877. The average Bonchev–Trinajstić information content (AvgIpc) is 2.55. The van der Waals surface area contributed by atoms with E-state index in [2.05, 4.69) is 5.32 Å². The third-order valence-corrected chi connectivity index (χ3v) is 4.03. The van der Waals surface area contributed by atoms with Gasteiger partial charge in [-0.05, 0) is 12.1 Å². The van der Waals surface area contributed by atoms with Crippen molar-refractivity contribution in [3.63, 3.8) is 0 Å². The summed E-state index contributed by atoms with van der Waals surface area (Å²) in [4.78, 5) is 24.0. The normalized spacial score (nSPS) is 19.4. The van der Waals surface area contributed by atoms with Gasteiger partial charge in [0.2, 0.25) is 0 Å². The van der Waals surface area contributed by atoms with Crippen molar-refractivity contribution < 1.29 is 24.2 Å². The Morgan fingerprint density at radius 3 is 2.64 bits per heavy atom. The highest BCUT2D eigenvalue weighted by molar-refractivity contribution is 6.01. The molecule has 6 heteroatoms. The van der Waals surface area contributed by atoms with Crippen LogP contribution in [0.5, 0.6) is 5.75 Å². The minimum Gasteiger partial charge on any atom is -0.488 e. The molecule has 1 fully saturated rings. The summed E-state index contributed by atoms with van der Waals surface area (Å²) < 4.78 is 10.7. The summed E-state index contributed by atoms with van der Waals surface area (Å²) in [7, 11) is 0. The molecule has 2 N–H and O–H groups in total. The van der Waals surface area contributed by atoms with Crippen molar-refractivity contribution in [1.29, 1.82) is 0 Å². The molecule has 2 aliphatic heterocycles. The summed E-state index contributed by atoms with van der Waals surface area (Å²) in [5, 5.41) is 12.1. The molecule has 2 aliphatic rings. The molecule has 6 nitrogen and oxygen atoms in total. The van der Waals surface area contributed by atoms with E-state index < -0.39 is 17.4 Å². The average molecular weight is 303 g/mol. The summed E-state index contributed by atoms with van der Waals surface area (Å²) in [6.07, 6.45) is 2.26. The van der Waals surface area contributed by atoms with Crippen molar-refractivity contribution in [2.45, 2.75) is 18.4 Å². The molecular formula is C16H17NO5. The Morgan fingerprint density at radius 2 is 1.91 bits per heavy atom. The lowest BCUT2D eigenvalue weighted by Gasteiger charge is -2.34. The molecule has 1 amide bonds. The molecule has 0 aromatic heterocycles. The van der Waals surface area contributed by atoms with Crippen LogP contribution >= 0.6 is 0 Å². The van der Waals surface area contributed by atoms with E-state index in [4.69, 9.17) is 9.47 Å².